The first kappa shape index (κ1) is 14.0. The largest absolute Gasteiger partial charge is 0.407 e. The van der Waals surface area contributed by atoms with Crippen molar-refractivity contribution in [3.05, 3.63) is 33.9 Å². The molecule has 17 heavy (non-hydrogen) atoms. The normalized spacial score (nSPS) is 13.9. The molecule has 1 nitrogen and oxygen atoms in total. The summed E-state index contributed by atoms with van der Waals surface area (Å²) in [5, 5.41) is -1.57. The molecule has 0 spiro atoms. The van der Waals surface area contributed by atoms with Gasteiger partial charge < -0.3 is 5.73 Å². The van der Waals surface area contributed by atoms with E-state index in [1.165, 1.54) is 0 Å². The molecule has 0 aliphatic heterocycles. The number of alkyl halides is 3. The molecule has 0 heterocycles. The Balaban J connectivity index is 3.55. The summed E-state index contributed by atoms with van der Waals surface area (Å²) < 4.78 is 88.1. The maximum Gasteiger partial charge on any atom is 0.407 e. The van der Waals surface area contributed by atoms with Crippen LogP contribution in [0, 0.1) is 23.3 Å². The lowest BCUT2D eigenvalue weighted by Crippen LogP contribution is -2.31. The third-order valence-electron chi connectivity index (χ3n) is 1.91. The fourth-order valence-electron chi connectivity index (χ4n) is 1.06. The van der Waals surface area contributed by atoms with Gasteiger partial charge in [-0.25, -0.2) is 17.6 Å². The molecule has 0 aliphatic rings. The minimum absolute atomic E-state index is 1.57. The first-order chi connectivity index (χ1) is 7.59. The molecule has 96 valence electrons. The van der Waals surface area contributed by atoms with E-state index >= 15 is 0 Å². The van der Waals surface area contributed by atoms with E-state index in [4.69, 9.17) is 11.6 Å². The van der Waals surface area contributed by atoms with Gasteiger partial charge in [0.25, 0.3) is 0 Å². The lowest BCUT2D eigenvalue weighted by Gasteiger charge is -2.18. The summed E-state index contributed by atoms with van der Waals surface area (Å²) in [6.45, 7) is 0. The summed E-state index contributed by atoms with van der Waals surface area (Å²) >= 11 is 4.83. The molecule has 9 heteroatoms. The zero-order valence-corrected chi connectivity index (χ0v) is 8.43. The average Bonchev–Trinajstić information content (AvgIpc) is 2.22. The second-order valence-corrected chi connectivity index (χ2v) is 3.38. The van der Waals surface area contributed by atoms with E-state index in [1.54, 1.807) is 0 Å². The molecule has 1 aromatic rings. The summed E-state index contributed by atoms with van der Waals surface area (Å²) in [5.41, 5.74) is 2.53. The SMILES string of the molecule is N[C@H](c1c(F)c(F)c(Cl)c(F)c1F)C(F)(F)F. The van der Waals surface area contributed by atoms with Crippen LogP contribution in [0.4, 0.5) is 30.7 Å². The highest BCUT2D eigenvalue weighted by Gasteiger charge is 2.43. The van der Waals surface area contributed by atoms with Gasteiger partial charge in [0, 0.05) is 0 Å². The molecule has 1 atom stereocenters. The van der Waals surface area contributed by atoms with E-state index < -0.39 is 46.1 Å². The average molecular weight is 282 g/mol. The van der Waals surface area contributed by atoms with Crippen molar-refractivity contribution in [2.24, 2.45) is 5.73 Å². The molecule has 0 saturated heterocycles. The Kier molecular flexibility index (Phi) is 3.58. The Hall–Kier alpha value is -1.02. The van der Waals surface area contributed by atoms with Crippen molar-refractivity contribution in [2.45, 2.75) is 12.2 Å². The fraction of sp³-hybridized carbons (Fsp3) is 0.250. The summed E-state index contributed by atoms with van der Waals surface area (Å²) in [6, 6.07) is -3.19. The third kappa shape index (κ3) is 2.32. The van der Waals surface area contributed by atoms with Gasteiger partial charge in [-0.15, -0.1) is 0 Å². The summed E-state index contributed by atoms with van der Waals surface area (Å²) in [7, 11) is 0. The van der Waals surface area contributed by atoms with Crippen molar-refractivity contribution in [1.82, 2.24) is 0 Å². The van der Waals surface area contributed by atoms with Gasteiger partial charge in [0.2, 0.25) is 0 Å². The molecule has 0 fully saturated rings. The molecule has 0 radical (unpaired) electrons. The Morgan fingerprint density at radius 2 is 1.24 bits per heavy atom. The molecule has 0 unspecified atom stereocenters. The van der Waals surface area contributed by atoms with Crippen LogP contribution in [0.5, 0.6) is 0 Å². The first-order valence-electron chi connectivity index (χ1n) is 3.92. The van der Waals surface area contributed by atoms with Crippen molar-refractivity contribution in [1.29, 1.82) is 0 Å². The van der Waals surface area contributed by atoms with Crippen LogP contribution >= 0.6 is 11.6 Å². The first-order valence-corrected chi connectivity index (χ1v) is 4.30. The van der Waals surface area contributed by atoms with Crippen molar-refractivity contribution in [3.8, 4) is 0 Å². The van der Waals surface area contributed by atoms with Crippen LogP contribution in [0.15, 0.2) is 0 Å². The van der Waals surface area contributed by atoms with Crippen molar-refractivity contribution < 1.29 is 30.7 Å². The highest BCUT2D eigenvalue weighted by molar-refractivity contribution is 6.30. The molecular formula is C8H3ClF7N. The van der Waals surface area contributed by atoms with E-state index in [0.29, 0.717) is 0 Å². The van der Waals surface area contributed by atoms with E-state index in [2.05, 4.69) is 5.73 Å². The zero-order valence-electron chi connectivity index (χ0n) is 7.68. The molecular weight excluding hydrogens is 279 g/mol. The Bertz CT molecular complexity index is 427. The molecule has 1 rings (SSSR count). The number of rotatable bonds is 1. The van der Waals surface area contributed by atoms with Crippen LogP contribution in [0.1, 0.15) is 11.6 Å². The quantitative estimate of drug-likeness (QED) is 0.476. The van der Waals surface area contributed by atoms with Gasteiger partial charge >= 0.3 is 6.18 Å². The minimum atomic E-state index is -5.26. The van der Waals surface area contributed by atoms with Crippen molar-refractivity contribution in [2.75, 3.05) is 0 Å². The number of benzene rings is 1. The molecule has 0 aromatic heterocycles. The monoisotopic (exact) mass is 281 g/mol. The van der Waals surface area contributed by atoms with Gasteiger partial charge in [-0.1, -0.05) is 11.6 Å². The number of nitrogens with two attached hydrogens (primary N) is 1. The summed E-state index contributed by atoms with van der Waals surface area (Å²) in [5.74, 6) is -8.78. The standard InChI is InChI=1S/C8H3ClF7N/c9-2-5(12)3(10)1(4(11)6(2)13)7(17)8(14,15)16/h7H,17H2/t7-/m1/s1. The van der Waals surface area contributed by atoms with Crippen LogP contribution in [0.2, 0.25) is 5.02 Å². The van der Waals surface area contributed by atoms with Gasteiger partial charge in [-0.05, 0) is 0 Å². The third-order valence-corrected chi connectivity index (χ3v) is 2.24. The van der Waals surface area contributed by atoms with Crippen LogP contribution in [-0.4, -0.2) is 6.18 Å². The molecule has 0 bridgehead atoms. The zero-order chi connectivity index (χ0) is 13.5. The number of hydrogen-bond donors (Lipinski definition) is 1. The predicted molar refractivity (Wildman–Crippen MR) is 44.3 cm³/mol. The van der Waals surface area contributed by atoms with Gasteiger partial charge in [0.15, 0.2) is 23.3 Å². The molecule has 0 saturated carbocycles. The van der Waals surface area contributed by atoms with Crippen LogP contribution < -0.4 is 5.73 Å². The van der Waals surface area contributed by atoms with E-state index in [0.717, 1.165) is 0 Å². The van der Waals surface area contributed by atoms with Crippen LogP contribution in [0.25, 0.3) is 0 Å². The van der Waals surface area contributed by atoms with Crippen molar-refractivity contribution >= 4 is 11.6 Å². The smallest absolute Gasteiger partial charge is 0.316 e. The topological polar surface area (TPSA) is 26.0 Å². The second-order valence-electron chi connectivity index (χ2n) is 3.00. The van der Waals surface area contributed by atoms with Gasteiger partial charge in [0.1, 0.15) is 11.1 Å². The van der Waals surface area contributed by atoms with E-state index in [-0.39, 0.29) is 0 Å². The van der Waals surface area contributed by atoms with Crippen molar-refractivity contribution in [3.63, 3.8) is 0 Å². The predicted octanol–water partition coefficient (Wildman–Crippen LogP) is 3.46. The van der Waals surface area contributed by atoms with Gasteiger partial charge in [-0.2, -0.15) is 13.2 Å². The van der Waals surface area contributed by atoms with Crippen LogP contribution in [-0.2, 0) is 0 Å². The molecule has 0 aliphatic carbocycles. The summed E-state index contributed by atoms with van der Waals surface area (Å²) in [4.78, 5) is 0. The van der Waals surface area contributed by atoms with E-state index in [1.807, 2.05) is 0 Å². The van der Waals surface area contributed by atoms with Gasteiger partial charge in [-0.3, -0.25) is 0 Å². The lowest BCUT2D eigenvalue weighted by molar-refractivity contribution is -0.150. The Labute approximate surface area is 95.0 Å². The molecule has 0 amide bonds. The van der Waals surface area contributed by atoms with Crippen LogP contribution in [0.3, 0.4) is 0 Å². The fourth-order valence-corrected chi connectivity index (χ4v) is 1.22. The Morgan fingerprint density at radius 1 is 0.882 bits per heavy atom. The molecule has 2 N–H and O–H groups in total. The second kappa shape index (κ2) is 4.34. The maximum absolute atomic E-state index is 13.0. The maximum atomic E-state index is 13.0. The highest BCUT2D eigenvalue weighted by Crippen LogP contribution is 2.37. The van der Waals surface area contributed by atoms with Gasteiger partial charge in [0.05, 0.1) is 5.56 Å². The number of halogens is 8. The molecule has 1 aromatic carbocycles. The Morgan fingerprint density at radius 3 is 1.53 bits per heavy atom. The minimum Gasteiger partial charge on any atom is -0.316 e. The highest BCUT2D eigenvalue weighted by atomic mass is 35.5. The van der Waals surface area contributed by atoms with E-state index in [9.17, 15) is 30.7 Å². The number of hydrogen-bond acceptors (Lipinski definition) is 1. The summed E-state index contributed by atoms with van der Waals surface area (Å²) in [6.07, 6.45) is -5.26. The lowest BCUT2D eigenvalue weighted by atomic mass is 10.1.